The Morgan fingerprint density at radius 3 is 2.69 bits per heavy atom. The minimum atomic E-state index is -3.89. The number of benzene rings is 2. The van der Waals surface area contributed by atoms with Crippen LogP contribution in [0.2, 0.25) is 0 Å². The van der Waals surface area contributed by atoms with Gasteiger partial charge in [-0.15, -0.1) is 0 Å². The minimum absolute atomic E-state index is 0.0367. The molecule has 0 spiro atoms. The molecule has 0 aliphatic carbocycles. The van der Waals surface area contributed by atoms with E-state index in [0.717, 1.165) is 18.1 Å². The summed E-state index contributed by atoms with van der Waals surface area (Å²) in [6, 6.07) is 12.6. The van der Waals surface area contributed by atoms with Gasteiger partial charge in [0.15, 0.2) is 5.11 Å². The fourth-order valence-corrected chi connectivity index (χ4v) is 5.43. The van der Waals surface area contributed by atoms with Gasteiger partial charge in [0.1, 0.15) is 11.7 Å². The van der Waals surface area contributed by atoms with Crippen LogP contribution in [0.5, 0.6) is 0 Å². The summed E-state index contributed by atoms with van der Waals surface area (Å²) < 4.78 is 27.3. The van der Waals surface area contributed by atoms with E-state index in [-0.39, 0.29) is 28.1 Å². The average Bonchev–Trinajstić information content (AvgIpc) is 3.36. The van der Waals surface area contributed by atoms with E-state index in [4.69, 9.17) is 12.2 Å². The number of nitro benzene ring substituents is 1. The number of thiocarbonyl (C=S) groups is 1. The first-order valence-electron chi connectivity index (χ1n) is 11.1. The summed E-state index contributed by atoms with van der Waals surface area (Å²) in [5, 5.41) is 14.7. The van der Waals surface area contributed by atoms with Crippen molar-refractivity contribution in [2.45, 2.75) is 30.3 Å². The number of hydrazine groups is 1. The molecule has 0 aromatic heterocycles. The third-order valence-electron chi connectivity index (χ3n) is 5.50. The summed E-state index contributed by atoms with van der Waals surface area (Å²) in [4.78, 5) is 25.2. The van der Waals surface area contributed by atoms with Gasteiger partial charge in [0.05, 0.1) is 9.82 Å². The second-order valence-corrected chi connectivity index (χ2v) is 11.1. The van der Waals surface area contributed by atoms with Gasteiger partial charge in [0, 0.05) is 31.5 Å². The molecule has 1 amide bonds. The Labute approximate surface area is 219 Å². The van der Waals surface area contributed by atoms with Crippen LogP contribution >= 0.6 is 24.0 Å². The number of amides is 1. The lowest BCUT2D eigenvalue weighted by atomic mass is 10.2. The van der Waals surface area contributed by atoms with E-state index >= 15 is 0 Å². The molecule has 0 bridgehead atoms. The number of hydrogen-bond donors (Lipinski definition) is 4. The van der Waals surface area contributed by atoms with Gasteiger partial charge in [-0.2, -0.15) is 11.8 Å². The zero-order valence-corrected chi connectivity index (χ0v) is 22.0. The van der Waals surface area contributed by atoms with Crippen LogP contribution in [0.3, 0.4) is 0 Å². The maximum absolute atomic E-state index is 12.8. The average molecular weight is 553 g/mol. The molecule has 1 fully saturated rings. The van der Waals surface area contributed by atoms with Crippen LogP contribution < -0.4 is 20.9 Å². The lowest BCUT2D eigenvalue weighted by Crippen LogP contribution is -2.50. The van der Waals surface area contributed by atoms with Crippen molar-refractivity contribution >= 4 is 56.4 Å². The number of anilines is 1. The van der Waals surface area contributed by atoms with Crippen LogP contribution in [0.4, 0.5) is 11.4 Å². The molecule has 2 aromatic carbocycles. The van der Waals surface area contributed by atoms with Crippen molar-refractivity contribution in [2.24, 2.45) is 0 Å². The van der Waals surface area contributed by atoms with Gasteiger partial charge in [0.25, 0.3) is 5.69 Å². The Morgan fingerprint density at radius 1 is 1.25 bits per heavy atom. The molecule has 2 aromatic rings. The fraction of sp³-hybridized carbons (Fsp3) is 0.364. The highest BCUT2D eigenvalue weighted by Crippen LogP contribution is 2.27. The first kappa shape index (κ1) is 27.6. The first-order chi connectivity index (χ1) is 17.2. The highest BCUT2D eigenvalue weighted by molar-refractivity contribution is 7.98. The molecular formula is C22H28N6O5S3. The predicted octanol–water partition coefficient (Wildman–Crippen LogP) is 2.22. The quantitative estimate of drug-likeness (QED) is 0.142. The lowest BCUT2D eigenvalue weighted by molar-refractivity contribution is -0.384. The van der Waals surface area contributed by atoms with Crippen LogP contribution in [-0.2, 0) is 21.4 Å². The molecule has 36 heavy (non-hydrogen) atoms. The summed E-state index contributed by atoms with van der Waals surface area (Å²) in [5.41, 5.74) is 6.03. The van der Waals surface area contributed by atoms with Crippen molar-refractivity contribution in [2.75, 3.05) is 30.5 Å². The van der Waals surface area contributed by atoms with Gasteiger partial charge in [-0.25, -0.2) is 13.1 Å². The van der Waals surface area contributed by atoms with Gasteiger partial charge < -0.3 is 10.2 Å². The van der Waals surface area contributed by atoms with Crippen molar-refractivity contribution in [1.82, 2.24) is 20.4 Å². The Balaban J connectivity index is 1.63. The summed E-state index contributed by atoms with van der Waals surface area (Å²) in [6.07, 6.45) is 3.23. The second-order valence-electron chi connectivity index (χ2n) is 7.94. The van der Waals surface area contributed by atoms with E-state index < -0.39 is 26.7 Å². The van der Waals surface area contributed by atoms with Gasteiger partial charge in [-0.3, -0.25) is 25.8 Å². The topological polar surface area (TPSA) is 146 Å². The maximum atomic E-state index is 12.8. The van der Waals surface area contributed by atoms with Crippen molar-refractivity contribution in [1.29, 1.82) is 0 Å². The molecule has 3 rings (SSSR count). The highest BCUT2D eigenvalue weighted by atomic mass is 32.2. The monoisotopic (exact) mass is 552 g/mol. The fourth-order valence-electron chi connectivity index (χ4n) is 3.67. The number of nitrogens with zero attached hydrogens (tertiary/aromatic N) is 2. The molecular weight excluding hydrogens is 524 g/mol. The lowest BCUT2D eigenvalue weighted by Gasteiger charge is -2.27. The molecule has 1 heterocycles. The van der Waals surface area contributed by atoms with E-state index in [1.807, 2.05) is 36.6 Å². The zero-order valence-electron chi connectivity index (χ0n) is 19.6. The molecule has 1 aliphatic rings. The zero-order chi connectivity index (χ0) is 26.1. The number of nitro groups is 1. The number of rotatable bonds is 11. The Bertz CT molecular complexity index is 1200. The molecule has 1 atom stereocenters. The van der Waals surface area contributed by atoms with Crippen molar-refractivity contribution in [3.05, 3.63) is 64.2 Å². The van der Waals surface area contributed by atoms with E-state index in [9.17, 15) is 23.3 Å². The molecule has 0 unspecified atom stereocenters. The number of hydrogen-bond acceptors (Lipinski definition) is 8. The van der Waals surface area contributed by atoms with E-state index in [1.54, 1.807) is 4.90 Å². The van der Waals surface area contributed by atoms with Crippen LogP contribution in [0.15, 0.2) is 53.4 Å². The van der Waals surface area contributed by atoms with Gasteiger partial charge in [-0.05, 0) is 49.0 Å². The Hall–Kier alpha value is -2.94. The SMILES string of the molecule is CSCCNS(=O)(=O)c1ccc(NNC(=S)N2CCC[C@H]2C(=O)NCc2ccccc2)c([N+](=O)[O-])c1. The molecule has 1 saturated heterocycles. The molecule has 0 radical (unpaired) electrons. The summed E-state index contributed by atoms with van der Waals surface area (Å²) >= 11 is 6.91. The predicted molar refractivity (Wildman–Crippen MR) is 144 cm³/mol. The van der Waals surface area contributed by atoms with Crippen molar-refractivity contribution < 1.29 is 18.1 Å². The van der Waals surface area contributed by atoms with Crippen LogP contribution in [0.25, 0.3) is 0 Å². The number of likely N-dealkylation sites (tertiary alicyclic amines) is 1. The molecule has 194 valence electrons. The normalized spacial score (nSPS) is 15.4. The highest BCUT2D eigenvalue weighted by Gasteiger charge is 2.32. The Morgan fingerprint density at radius 2 is 2.00 bits per heavy atom. The van der Waals surface area contributed by atoms with Gasteiger partial charge in [0.2, 0.25) is 15.9 Å². The number of thioether (sulfide) groups is 1. The number of carbonyl (C=O) groups is 1. The molecule has 1 aliphatic heterocycles. The summed E-state index contributed by atoms with van der Waals surface area (Å²) in [6.45, 7) is 1.16. The molecule has 4 N–H and O–H groups in total. The van der Waals surface area contributed by atoms with Crippen molar-refractivity contribution in [3.8, 4) is 0 Å². The van der Waals surface area contributed by atoms with Crippen molar-refractivity contribution in [3.63, 3.8) is 0 Å². The molecule has 14 heteroatoms. The molecule has 11 nitrogen and oxygen atoms in total. The number of carbonyl (C=O) groups excluding carboxylic acids is 1. The third kappa shape index (κ3) is 7.29. The standard InChI is InChI=1S/C22H28N6O5S3/c1-35-13-11-24-36(32,33)17-9-10-18(20(14-17)28(30)31)25-26-22(34)27-12-5-8-19(27)21(29)23-15-16-6-3-2-4-7-16/h2-4,6-7,9-10,14,19,24-25H,5,8,11-13,15H2,1H3,(H,23,29)(H,26,34)/t19-/m0/s1. The minimum Gasteiger partial charge on any atom is -0.350 e. The number of nitrogens with one attached hydrogen (secondary N) is 4. The van der Waals surface area contributed by atoms with Crippen LogP contribution in [0.1, 0.15) is 18.4 Å². The van der Waals surface area contributed by atoms with E-state index in [0.29, 0.717) is 25.3 Å². The van der Waals surface area contributed by atoms with E-state index in [2.05, 4.69) is 20.9 Å². The van der Waals surface area contributed by atoms with E-state index in [1.165, 1.54) is 23.9 Å². The van der Waals surface area contributed by atoms with Gasteiger partial charge >= 0.3 is 0 Å². The maximum Gasteiger partial charge on any atom is 0.295 e. The number of sulfonamides is 1. The molecule has 0 saturated carbocycles. The third-order valence-corrected chi connectivity index (χ3v) is 7.91. The first-order valence-corrected chi connectivity index (χ1v) is 14.4. The second kappa shape index (κ2) is 12.9. The Kier molecular flexibility index (Phi) is 9.87. The van der Waals surface area contributed by atoms with Crippen LogP contribution in [0, 0.1) is 10.1 Å². The largest absolute Gasteiger partial charge is 0.350 e. The summed E-state index contributed by atoms with van der Waals surface area (Å²) in [5.74, 6) is 0.416. The summed E-state index contributed by atoms with van der Waals surface area (Å²) in [7, 11) is -3.89. The van der Waals surface area contributed by atoms with Crippen LogP contribution in [-0.4, -0.2) is 60.4 Å². The van der Waals surface area contributed by atoms with Gasteiger partial charge in [-0.1, -0.05) is 30.3 Å². The smallest absolute Gasteiger partial charge is 0.295 e.